The van der Waals surface area contributed by atoms with E-state index < -0.39 is 0 Å². The van der Waals surface area contributed by atoms with Gasteiger partial charge in [0.2, 0.25) is 0 Å². The van der Waals surface area contributed by atoms with Gasteiger partial charge < -0.3 is 4.74 Å². The van der Waals surface area contributed by atoms with E-state index in [9.17, 15) is 4.79 Å². The van der Waals surface area contributed by atoms with Crippen LogP contribution in [0.3, 0.4) is 0 Å². The molecule has 2 heterocycles. The lowest BCUT2D eigenvalue weighted by Gasteiger charge is -2.10. The summed E-state index contributed by atoms with van der Waals surface area (Å²) in [5.74, 6) is 1.86. The molecule has 0 unspecified atom stereocenters. The fourth-order valence-corrected chi connectivity index (χ4v) is 5.02. The Labute approximate surface area is 184 Å². The largest absolute Gasteiger partial charge is 0.497 e. The van der Waals surface area contributed by atoms with Crippen LogP contribution in [0.1, 0.15) is 9.67 Å². The summed E-state index contributed by atoms with van der Waals surface area (Å²) in [6.45, 7) is 0. The monoisotopic (exact) mass is 485 g/mol. The Morgan fingerprint density at radius 1 is 1.07 bits per heavy atom. The number of Topliss-reactive ketones (excluding diaryl/α,β-unsaturated/α-hetero) is 1. The van der Waals surface area contributed by atoms with E-state index in [-0.39, 0.29) is 5.78 Å². The highest BCUT2D eigenvalue weighted by Crippen LogP contribution is 2.30. The van der Waals surface area contributed by atoms with Gasteiger partial charge in [0.15, 0.2) is 16.8 Å². The Bertz CT molecular complexity index is 1120. The van der Waals surface area contributed by atoms with Crippen molar-refractivity contribution in [3.8, 4) is 22.8 Å². The number of nitrogens with zero attached hydrogens (tertiary/aromatic N) is 3. The summed E-state index contributed by atoms with van der Waals surface area (Å²) in [7, 11) is 1.64. The number of benzene rings is 2. The SMILES string of the molecule is COc1ccc(-c2nnc(SCC(=O)c3ccc(Br)s3)n2-c2ccccc2)cc1. The molecule has 0 atom stereocenters. The maximum absolute atomic E-state index is 12.5. The first-order chi connectivity index (χ1) is 14.2. The predicted octanol–water partition coefficient (Wildman–Crippen LogP) is 5.74. The lowest BCUT2D eigenvalue weighted by Crippen LogP contribution is -2.03. The molecule has 8 heteroatoms. The van der Waals surface area contributed by atoms with E-state index in [1.54, 1.807) is 7.11 Å². The average Bonchev–Trinajstić information content (AvgIpc) is 3.39. The van der Waals surface area contributed by atoms with Gasteiger partial charge in [-0.1, -0.05) is 30.0 Å². The van der Waals surface area contributed by atoms with Crippen molar-refractivity contribution in [1.29, 1.82) is 0 Å². The van der Waals surface area contributed by atoms with E-state index >= 15 is 0 Å². The topological polar surface area (TPSA) is 57.0 Å². The molecule has 0 amide bonds. The molecule has 0 N–H and O–H groups in total. The minimum Gasteiger partial charge on any atom is -0.497 e. The van der Waals surface area contributed by atoms with Crippen LogP contribution >= 0.6 is 39.0 Å². The smallest absolute Gasteiger partial charge is 0.196 e. The number of halogens is 1. The van der Waals surface area contributed by atoms with Crippen LogP contribution in [0.25, 0.3) is 17.1 Å². The standard InChI is InChI=1S/C21H16BrN3O2S2/c1-27-16-9-7-14(8-10-16)20-23-24-21(25(20)15-5-3-2-4-6-15)28-13-17(26)18-11-12-19(22)29-18/h2-12H,13H2,1H3. The molecule has 0 aliphatic heterocycles. The number of para-hydroxylation sites is 1. The molecular formula is C21H16BrN3O2S2. The van der Waals surface area contributed by atoms with Gasteiger partial charge in [-0.05, 0) is 64.5 Å². The van der Waals surface area contributed by atoms with Crippen LogP contribution in [0, 0.1) is 0 Å². The van der Waals surface area contributed by atoms with Crippen molar-refractivity contribution in [2.24, 2.45) is 0 Å². The van der Waals surface area contributed by atoms with Gasteiger partial charge in [0.25, 0.3) is 0 Å². The Hall–Kier alpha value is -2.42. The summed E-state index contributed by atoms with van der Waals surface area (Å²) in [4.78, 5) is 13.3. The zero-order valence-electron chi connectivity index (χ0n) is 15.4. The number of rotatable bonds is 7. The van der Waals surface area contributed by atoms with Crippen molar-refractivity contribution in [2.45, 2.75) is 5.16 Å². The van der Waals surface area contributed by atoms with Crippen LogP contribution in [0.5, 0.6) is 5.75 Å². The lowest BCUT2D eigenvalue weighted by atomic mass is 10.2. The number of carbonyl (C=O) groups is 1. The fraction of sp³-hybridized carbons (Fsp3) is 0.0952. The number of aromatic nitrogens is 3. The maximum atomic E-state index is 12.5. The van der Waals surface area contributed by atoms with E-state index in [0.29, 0.717) is 16.7 Å². The van der Waals surface area contributed by atoms with Gasteiger partial charge in [-0.2, -0.15) is 0 Å². The Morgan fingerprint density at radius 3 is 2.48 bits per heavy atom. The second-order valence-electron chi connectivity index (χ2n) is 6.02. The van der Waals surface area contributed by atoms with Gasteiger partial charge in [-0.25, -0.2) is 0 Å². The van der Waals surface area contributed by atoms with Gasteiger partial charge in [0, 0.05) is 11.3 Å². The molecule has 146 valence electrons. The van der Waals surface area contributed by atoms with Crippen LogP contribution in [0.4, 0.5) is 0 Å². The Kier molecular flexibility index (Phi) is 6.13. The van der Waals surface area contributed by atoms with Gasteiger partial charge in [0.1, 0.15) is 5.75 Å². The molecule has 0 saturated carbocycles. The van der Waals surface area contributed by atoms with Crippen LogP contribution in [-0.4, -0.2) is 33.4 Å². The third-order valence-corrected chi connectivity index (χ3v) is 6.77. The first-order valence-electron chi connectivity index (χ1n) is 8.72. The zero-order valence-corrected chi connectivity index (χ0v) is 18.6. The lowest BCUT2D eigenvalue weighted by molar-refractivity contribution is 0.102. The molecular weight excluding hydrogens is 470 g/mol. The molecule has 2 aromatic carbocycles. The number of ketones is 1. The minimum atomic E-state index is 0.0688. The highest BCUT2D eigenvalue weighted by atomic mass is 79.9. The van der Waals surface area contributed by atoms with Crippen molar-refractivity contribution >= 4 is 44.8 Å². The second-order valence-corrected chi connectivity index (χ2v) is 9.43. The molecule has 5 nitrogen and oxygen atoms in total. The number of hydrogen-bond donors (Lipinski definition) is 0. The van der Waals surface area contributed by atoms with Crippen molar-refractivity contribution in [1.82, 2.24) is 14.8 Å². The summed E-state index contributed by atoms with van der Waals surface area (Å²) >= 11 is 6.22. The van der Waals surface area contributed by atoms with Gasteiger partial charge in [-0.15, -0.1) is 21.5 Å². The van der Waals surface area contributed by atoms with E-state index in [4.69, 9.17) is 4.74 Å². The van der Waals surface area contributed by atoms with Crippen molar-refractivity contribution in [2.75, 3.05) is 12.9 Å². The van der Waals surface area contributed by atoms with Crippen molar-refractivity contribution in [3.63, 3.8) is 0 Å². The molecule has 0 aliphatic carbocycles. The quantitative estimate of drug-likeness (QED) is 0.246. The number of methoxy groups -OCH3 is 1. The number of carbonyl (C=O) groups excluding carboxylic acids is 1. The molecule has 0 spiro atoms. The highest BCUT2D eigenvalue weighted by molar-refractivity contribution is 9.11. The predicted molar refractivity (Wildman–Crippen MR) is 120 cm³/mol. The van der Waals surface area contributed by atoms with Crippen LogP contribution in [0.2, 0.25) is 0 Å². The van der Waals surface area contributed by atoms with Crippen LogP contribution in [0.15, 0.2) is 75.7 Å². The van der Waals surface area contributed by atoms with Crippen molar-refractivity contribution in [3.05, 3.63) is 75.4 Å². The third kappa shape index (κ3) is 4.44. The molecule has 0 fully saturated rings. The normalized spacial score (nSPS) is 10.8. The molecule has 0 bridgehead atoms. The third-order valence-electron chi connectivity index (χ3n) is 4.18. The summed E-state index contributed by atoms with van der Waals surface area (Å²) < 4.78 is 8.17. The van der Waals surface area contributed by atoms with E-state index in [2.05, 4.69) is 26.1 Å². The fourth-order valence-electron chi connectivity index (χ4n) is 2.77. The first-order valence-corrected chi connectivity index (χ1v) is 11.3. The van der Waals surface area contributed by atoms with Gasteiger partial charge in [0.05, 0.1) is 21.5 Å². The van der Waals surface area contributed by atoms with E-state index in [1.807, 2.05) is 71.3 Å². The number of ether oxygens (including phenoxy) is 1. The van der Waals surface area contributed by atoms with Crippen LogP contribution < -0.4 is 4.74 Å². The number of thioether (sulfide) groups is 1. The van der Waals surface area contributed by atoms with Crippen molar-refractivity contribution < 1.29 is 9.53 Å². The minimum absolute atomic E-state index is 0.0688. The average molecular weight is 486 g/mol. The molecule has 0 aliphatic rings. The molecule has 0 saturated heterocycles. The maximum Gasteiger partial charge on any atom is 0.196 e. The van der Waals surface area contributed by atoms with Crippen LogP contribution in [-0.2, 0) is 0 Å². The summed E-state index contributed by atoms with van der Waals surface area (Å²) in [5, 5.41) is 9.45. The first kappa shape index (κ1) is 19.9. The second kappa shape index (κ2) is 8.94. The Balaban J connectivity index is 1.66. The summed E-state index contributed by atoms with van der Waals surface area (Å²) in [6.07, 6.45) is 0. The Morgan fingerprint density at radius 2 is 1.83 bits per heavy atom. The number of thiophene rings is 1. The zero-order chi connectivity index (χ0) is 20.2. The summed E-state index contributed by atoms with van der Waals surface area (Å²) in [5.41, 5.74) is 1.86. The van der Waals surface area contributed by atoms with Gasteiger partial charge in [-0.3, -0.25) is 9.36 Å². The molecule has 4 aromatic rings. The molecule has 0 radical (unpaired) electrons. The van der Waals surface area contributed by atoms with E-state index in [0.717, 1.165) is 25.7 Å². The molecule has 29 heavy (non-hydrogen) atoms. The molecule has 4 rings (SSSR count). The number of hydrogen-bond acceptors (Lipinski definition) is 6. The molecule has 2 aromatic heterocycles. The van der Waals surface area contributed by atoms with Gasteiger partial charge >= 0.3 is 0 Å². The summed E-state index contributed by atoms with van der Waals surface area (Å²) in [6, 6.07) is 21.3. The van der Waals surface area contributed by atoms with E-state index in [1.165, 1.54) is 23.1 Å². The highest BCUT2D eigenvalue weighted by Gasteiger charge is 2.18.